The maximum atomic E-state index is 8.69. The zero-order chi connectivity index (χ0) is 11.4. The Morgan fingerprint density at radius 2 is 2.31 bits per heavy atom. The van der Waals surface area contributed by atoms with E-state index in [2.05, 4.69) is 6.07 Å². The molecule has 1 aliphatic heterocycles. The molecule has 1 fully saturated rings. The smallest absolute Gasteiger partial charge is 0.0749 e. The fourth-order valence-electron chi connectivity index (χ4n) is 1.79. The van der Waals surface area contributed by atoms with E-state index in [0.717, 1.165) is 37.2 Å². The predicted molar refractivity (Wildman–Crippen MR) is 62.7 cm³/mol. The molecule has 0 spiro atoms. The average molecular weight is 217 g/mol. The van der Waals surface area contributed by atoms with Gasteiger partial charge in [0.05, 0.1) is 24.8 Å². The monoisotopic (exact) mass is 217 g/mol. The molecule has 4 heteroatoms. The van der Waals surface area contributed by atoms with Gasteiger partial charge in [-0.2, -0.15) is 5.26 Å². The fraction of sp³-hybridized carbons (Fsp3) is 0.417. The van der Waals surface area contributed by atoms with Crippen LogP contribution >= 0.6 is 0 Å². The molecule has 0 bridgehead atoms. The summed E-state index contributed by atoms with van der Waals surface area (Å²) < 4.78 is 0. The molecule has 0 aromatic heterocycles. The molecule has 1 aromatic rings. The molecule has 1 aliphatic rings. The van der Waals surface area contributed by atoms with Gasteiger partial charge in [0.25, 0.3) is 0 Å². The van der Waals surface area contributed by atoms with Crippen LogP contribution in [0.3, 0.4) is 0 Å². The van der Waals surface area contributed by atoms with Gasteiger partial charge in [0.15, 0.2) is 0 Å². The highest BCUT2D eigenvalue weighted by atomic mass is 16.7. The van der Waals surface area contributed by atoms with Crippen molar-refractivity contribution in [2.24, 2.45) is 0 Å². The second kappa shape index (κ2) is 4.86. The number of anilines is 2. The Hall–Kier alpha value is -1.73. The summed E-state index contributed by atoms with van der Waals surface area (Å²) in [5.41, 5.74) is 8.32. The highest BCUT2D eigenvalue weighted by Crippen LogP contribution is 2.23. The first kappa shape index (κ1) is 10.8. The van der Waals surface area contributed by atoms with Gasteiger partial charge in [0, 0.05) is 12.2 Å². The van der Waals surface area contributed by atoms with E-state index in [0.29, 0.717) is 12.1 Å². The zero-order valence-electron chi connectivity index (χ0n) is 9.15. The number of nitriles is 1. The third-order valence-electron chi connectivity index (χ3n) is 2.69. The van der Waals surface area contributed by atoms with Gasteiger partial charge >= 0.3 is 0 Å². The van der Waals surface area contributed by atoms with Crippen molar-refractivity contribution in [3.63, 3.8) is 0 Å². The number of nitrogens with zero attached hydrogens (tertiary/aromatic N) is 2. The van der Waals surface area contributed by atoms with Crippen molar-refractivity contribution in [3.05, 3.63) is 23.8 Å². The van der Waals surface area contributed by atoms with Crippen LogP contribution in [0.15, 0.2) is 18.2 Å². The quantitative estimate of drug-likeness (QED) is 0.768. The largest absolute Gasteiger partial charge is 0.398 e. The Balaban J connectivity index is 2.21. The molecule has 0 unspecified atom stereocenters. The minimum atomic E-state index is 0.341. The Bertz CT molecular complexity index is 405. The van der Waals surface area contributed by atoms with E-state index in [-0.39, 0.29) is 0 Å². The zero-order valence-corrected chi connectivity index (χ0v) is 9.15. The number of nitrogen functional groups attached to an aromatic ring is 1. The lowest BCUT2D eigenvalue weighted by molar-refractivity contribution is 0.0778. The van der Waals surface area contributed by atoms with Gasteiger partial charge < -0.3 is 5.73 Å². The van der Waals surface area contributed by atoms with Gasteiger partial charge in [-0.05, 0) is 36.6 Å². The molecule has 84 valence electrons. The van der Waals surface area contributed by atoms with Crippen molar-refractivity contribution < 1.29 is 4.84 Å². The van der Waals surface area contributed by atoms with E-state index < -0.39 is 0 Å². The summed E-state index contributed by atoms with van der Waals surface area (Å²) in [6.07, 6.45) is 2.59. The summed E-state index contributed by atoms with van der Waals surface area (Å²) in [7, 11) is 0. The Kier molecular flexibility index (Phi) is 3.28. The third-order valence-corrected chi connectivity index (χ3v) is 2.69. The van der Waals surface area contributed by atoms with Gasteiger partial charge in [-0.25, -0.2) is 0 Å². The van der Waals surface area contributed by atoms with Crippen molar-refractivity contribution in [2.75, 3.05) is 23.9 Å². The SMILES string of the molecule is N#CCc1cc(N2CCCCO2)ccc1N. The maximum absolute atomic E-state index is 8.69. The number of hydroxylamine groups is 1. The fourth-order valence-corrected chi connectivity index (χ4v) is 1.79. The Morgan fingerprint density at radius 3 is 3.00 bits per heavy atom. The van der Waals surface area contributed by atoms with Crippen LogP contribution in [-0.2, 0) is 11.3 Å². The molecule has 1 heterocycles. The molecule has 1 aromatic carbocycles. The van der Waals surface area contributed by atoms with E-state index in [1.54, 1.807) is 0 Å². The summed E-state index contributed by atoms with van der Waals surface area (Å²) in [5.74, 6) is 0. The number of nitrogens with two attached hydrogens (primary N) is 1. The van der Waals surface area contributed by atoms with E-state index in [1.807, 2.05) is 23.3 Å². The topological polar surface area (TPSA) is 62.3 Å². The van der Waals surface area contributed by atoms with Gasteiger partial charge in [0.1, 0.15) is 0 Å². The highest BCUT2D eigenvalue weighted by molar-refractivity contribution is 5.58. The molecule has 0 aliphatic carbocycles. The molecule has 0 amide bonds. The van der Waals surface area contributed by atoms with Crippen LogP contribution in [0.4, 0.5) is 11.4 Å². The van der Waals surface area contributed by atoms with E-state index in [9.17, 15) is 0 Å². The van der Waals surface area contributed by atoms with Crippen molar-refractivity contribution >= 4 is 11.4 Å². The van der Waals surface area contributed by atoms with Crippen molar-refractivity contribution in [1.29, 1.82) is 5.26 Å². The molecule has 0 saturated carbocycles. The van der Waals surface area contributed by atoms with Gasteiger partial charge in [-0.1, -0.05) is 0 Å². The normalized spacial score (nSPS) is 15.8. The molecule has 2 N–H and O–H groups in total. The first-order valence-corrected chi connectivity index (χ1v) is 5.47. The Morgan fingerprint density at radius 1 is 1.44 bits per heavy atom. The van der Waals surface area contributed by atoms with Crippen LogP contribution in [0, 0.1) is 11.3 Å². The number of hydrogen-bond donors (Lipinski definition) is 1. The number of hydrogen-bond acceptors (Lipinski definition) is 4. The van der Waals surface area contributed by atoms with Crippen molar-refractivity contribution in [3.8, 4) is 6.07 Å². The summed E-state index contributed by atoms with van der Waals surface area (Å²) in [6, 6.07) is 7.82. The molecule has 0 atom stereocenters. The van der Waals surface area contributed by atoms with Gasteiger partial charge in [0.2, 0.25) is 0 Å². The van der Waals surface area contributed by atoms with E-state index >= 15 is 0 Å². The molecule has 0 radical (unpaired) electrons. The van der Waals surface area contributed by atoms with Crippen LogP contribution < -0.4 is 10.8 Å². The van der Waals surface area contributed by atoms with Crippen LogP contribution in [-0.4, -0.2) is 13.2 Å². The van der Waals surface area contributed by atoms with Crippen LogP contribution in [0.2, 0.25) is 0 Å². The van der Waals surface area contributed by atoms with Gasteiger partial charge in [-0.3, -0.25) is 9.90 Å². The average Bonchev–Trinajstić information content (AvgIpc) is 2.33. The first-order valence-electron chi connectivity index (χ1n) is 5.47. The maximum Gasteiger partial charge on any atom is 0.0749 e. The first-order chi connectivity index (χ1) is 7.81. The lowest BCUT2D eigenvalue weighted by Crippen LogP contribution is -2.29. The standard InChI is InChI=1S/C12H15N3O/c13-6-5-10-9-11(3-4-12(10)14)15-7-1-2-8-16-15/h3-4,9H,1-2,5,7-8,14H2. The molecule has 2 rings (SSSR count). The van der Waals surface area contributed by atoms with Crippen LogP contribution in [0.5, 0.6) is 0 Å². The molecule has 16 heavy (non-hydrogen) atoms. The van der Waals surface area contributed by atoms with Crippen molar-refractivity contribution in [1.82, 2.24) is 0 Å². The second-order valence-electron chi connectivity index (χ2n) is 3.86. The molecule has 4 nitrogen and oxygen atoms in total. The van der Waals surface area contributed by atoms with Crippen molar-refractivity contribution in [2.45, 2.75) is 19.3 Å². The molecular formula is C12H15N3O. The highest BCUT2D eigenvalue weighted by Gasteiger charge is 2.12. The molecular weight excluding hydrogens is 202 g/mol. The summed E-state index contributed by atoms with van der Waals surface area (Å²) in [4.78, 5) is 5.55. The third kappa shape index (κ3) is 2.26. The minimum Gasteiger partial charge on any atom is -0.398 e. The summed E-state index contributed by atoms with van der Waals surface area (Å²) in [5, 5.41) is 10.6. The summed E-state index contributed by atoms with van der Waals surface area (Å²) in [6.45, 7) is 1.66. The summed E-state index contributed by atoms with van der Waals surface area (Å²) >= 11 is 0. The lowest BCUT2D eigenvalue weighted by atomic mass is 10.1. The number of benzene rings is 1. The minimum absolute atomic E-state index is 0.341. The lowest BCUT2D eigenvalue weighted by Gasteiger charge is -2.28. The van der Waals surface area contributed by atoms with E-state index in [4.69, 9.17) is 15.8 Å². The number of rotatable bonds is 2. The predicted octanol–water partition coefficient (Wildman–Crippen LogP) is 1.87. The Labute approximate surface area is 95.2 Å². The van der Waals surface area contributed by atoms with Crippen LogP contribution in [0.25, 0.3) is 0 Å². The van der Waals surface area contributed by atoms with Crippen LogP contribution in [0.1, 0.15) is 18.4 Å². The van der Waals surface area contributed by atoms with E-state index in [1.165, 1.54) is 0 Å². The second-order valence-corrected chi connectivity index (χ2v) is 3.86. The van der Waals surface area contributed by atoms with Gasteiger partial charge in [-0.15, -0.1) is 0 Å². The molecule has 1 saturated heterocycles.